The Labute approximate surface area is 123 Å². The molecular formula is C13H18N2O5S. The number of rotatable bonds is 5. The summed E-state index contributed by atoms with van der Waals surface area (Å²) in [7, 11) is -3.75. The van der Waals surface area contributed by atoms with E-state index in [-0.39, 0.29) is 10.5 Å². The molecule has 0 aromatic heterocycles. The first-order chi connectivity index (χ1) is 9.51. The molecule has 1 aromatic carbocycles. The van der Waals surface area contributed by atoms with E-state index < -0.39 is 34.0 Å². The third-order valence-electron chi connectivity index (χ3n) is 2.17. The van der Waals surface area contributed by atoms with Crippen LogP contribution in [-0.4, -0.2) is 32.4 Å². The Morgan fingerprint density at radius 2 is 1.90 bits per heavy atom. The van der Waals surface area contributed by atoms with E-state index in [1.54, 1.807) is 20.8 Å². The summed E-state index contributed by atoms with van der Waals surface area (Å²) < 4.78 is 31.4. The molecule has 0 aliphatic carbocycles. The molecule has 1 amide bonds. The third-order valence-corrected chi connectivity index (χ3v) is 3.92. The number of nitrogens with one attached hydrogen (secondary N) is 1. The van der Waals surface area contributed by atoms with E-state index in [0.717, 1.165) is 0 Å². The highest BCUT2D eigenvalue weighted by Crippen LogP contribution is 2.15. The van der Waals surface area contributed by atoms with Crippen molar-refractivity contribution in [1.29, 1.82) is 0 Å². The minimum atomic E-state index is -3.75. The molecule has 0 bridgehead atoms. The summed E-state index contributed by atoms with van der Waals surface area (Å²) in [5.41, 5.74) is 4.24. The average molecular weight is 314 g/mol. The van der Waals surface area contributed by atoms with Gasteiger partial charge in [0.15, 0.2) is 6.61 Å². The largest absolute Gasteiger partial charge is 0.452 e. The maximum Gasteiger partial charge on any atom is 0.338 e. The van der Waals surface area contributed by atoms with Crippen LogP contribution in [0.4, 0.5) is 0 Å². The Bertz CT molecular complexity index is 647. The fourth-order valence-corrected chi connectivity index (χ4v) is 2.94. The molecule has 3 N–H and O–H groups in total. The van der Waals surface area contributed by atoms with Crippen LogP contribution in [0, 0.1) is 0 Å². The van der Waals surface area contributed by atoms with Crippen LogP contribution < -0.4 is 10.5 Å². The number of sulfonamides is 1. The molecule has 0 atom stereocenters. The predicted molar refractivity (Wildman–Crippen MR) is 76.0 cm³/mol. The van der Waals surface area contributed by atoms with Gasteiger partial charge in [0.2, 0.25) is 10.0 Å². The topological polar surface area (TPSA) is 116 Å². The Kier molecular flexibility index (Phi) is 5.08. The van der Waals surface area contributed by atoms with Crippen LogP contribution in [0.25, 0.3) is 0 Å². The normalized spacial score (nSPS) is 12.0. The molecule has 116 valence electrons. The minimum absolute atomic E-state index is 0.0213. The molecule has 0 spiro atoms. The van der Waals surface area contributed by atoms with Gasteiger partial charge in [0.1, 0.15) is 0 Å². The zero-order valence-electron chi connectivity index (χ0n) is 12.0. The van der Waals surface area contributed by atoms with Crippen LogP contribution in [0.1, 0.15) is 31.1 Å². The van der Waals surface area contributed by atoms with Crippen molar-refractivity contribution in [2.75, 3.05) is 6.61 Å². The van der Waals surface area contributed by atoms with Crippen LogP contribution in [0.3, 0.4) is 0 Å². The van der Waals surface area contributed by atoms with Crippen molar-refractivity contribution in [3.05, 3.63) is 29.8 Å². The lowest BCUT2D eigenvalue weighted by molar-refractivity contribution is -0.121. The highest BCUT2D eigenvalue weighted by Gasteiger charge is 2.23. The number of nitrogens with two attached hydrogens (primary N) is 1. The number of hydrogen-bond donors (Lipinski definition) is 2. The van der Waals surface area contributed by atoms with E-state index in [9.17, 15) is 18.0 Å². The van der Waals surface area contributed by atoms with Crippen LogP contribution in [-0.2, 0) is 19.6 Å². The second kappa shape index (κ2) is 6.23. The molecule has 1 rings (SSSR count). The molecule has 0 heterocycles. The molecule has 0 unspecified atom stereocenters. The third kappa shape index (κ3) is 5.52. The standard InChI is InChI=1S/C13H18N2O5S/c1-13(2,3)15-21(18,19)10-6-4-5-9(7-10)12(17)20-8-11(14)16/h4-7,15H,8H2,1-3H3,(H2,14,16). The lowest BCUT2D eigenvalue weighted by Gasteiger charge is -2.20. The van der Waals surface area contributed by atoms with Crippen LogP contribution >= 0.6 is 0 Å². The predicted octanol–water partition coefficient (Wildman–Crippen LogP) is 0.405. The highest BCUT2D eigenvalue weighted by atomic mass is 32.2. The maximum absolute atomic E-state index is 12.2. The van der Waals surface area contributed by atoms with E-state index >= 15 is 0 Å². The molecule has 0 radical (unpaired) electrons. The molecule has 0 saturated carbocycles. The van der Waals surface area contributed by atoms with Gasteiger partial charge in [0.05, 0.1) is 10.5 Å². The first-order valence-corrected chi connectivity index (χ1v) is 7.59. The van der Waals surface area contributed by atoms with Gasteiger partial charge < -0.3 is 10.5 Å². The SMILES string of the molecule is CC(C)(C)NS(=O)(=O)c1cccc(C(=O)OCC(N)=O)c1. The van der Waals surface area contributed by atoms with Gasteiger partial charge in [-0.3, -0.25) is 4.79 Å². The Hall–Kier alpha value is -1.93. The minimum Gasteiger partial charge on any atom is -0.452 e. The van der Waals surface area contributed by atoms with E-state index in [1.807, 2.05) is 0 Å². The first kappa shape index (κ1) is 17.1. The van der Waals surface area contributed by atoms with Crippen molar-refractivity contribution >= 4 is 21.9 Å². The number of benzene rings is 1. The molecule has 0 aliphatic rings. The smallest absolute Gasteiger partial charge is 0.338 e. The number of ether oxygens (including phenoxy) is 1. The van der Waals surface area contributed by atoms with Gasteiger partial charge >= 0.3 is 5.97 Å². The fraction of sp³-hybridized carbons (Fsp3) is 0.385. The molecule has 0 saturated heterocycles. The molecule has 7 nitrogen and oxygen atoms in total. The summed E-state index contributed by atoms with van der Waals surface area (Å²) in [4.78, 5) is 22.2. The quantitative estimate of drug-likeness (QED) is 0.763. The van der Waals surface area contributed by atoms with Gasteiger partial charge in [0.25, 0.3) is 5.91 Å². The Balaban J connectivity index is 3.00. The second-order valence-electron chi connectivity index (χ2n) is 5.43. The average Bonchev–Trinajstić information content (AvgIpc) is 2.33. The molecule has 0 fully saturated rings. The zero-order valence-corrected chi connectivity index (χ0v) is 12.9. The van der Waals surface area contributed by atoms with Crippen molar-refractivity contribution < 1.29 is 22.7 Å². The van der Waals surface area contributed by atoms with E-state index in [1.165, 1.54) is 24.3 Å². The number of hydrogen-bond acceptors (Lipinski definition) is 5. The lowest BCUT2D eigenvalue weighted by Crippen LogP contribution is -2.40. The number of carbonyl (C=O) groups is 2. The van der Waals surface area contributed by atoms with Gasteiger partial charge in [-0.05, 0) is 39.0 Å². The number of esters is 1. The highest BCUT2D eigenvalue weighted by molar-refractivity contribution is 7.89. The van der Waals surface area contributed by atoms with Gasteiger partial charge in [-0.15, -0.1) is 0 Å². The van der Waals surface area contributed by atoms with Crippen molar-refractivity contribution in [2.24, 2.45) is 5.73 Å². The fourth-order valence-electron chi connectivity index (χ4n) is 1.47. The second-order valence-corrected chi connectivity index (χ2v) is 7.11. The first-order valence-electron chi connectivity index (χ1n) is 6.11. The molecular weight excluding hydrogens is 296 g/mol. The number of amides is 1. The van der Waals surface area contributed by atoms with Gasteiger partial charge in [-0.25, -0.2) is 17.9 Å². The van der Waals surface area contributed by atoms with Gasteiger partial charge in [-0.2, -0.15) is 0 Å². The summed E-state index contributed by atoms with van der Waals surface area (Å²) in [6.45, 7) is 4.55. The summed E-state index contributed by atoms with van der Waals surface area (Å²) in [6, 6.07) is 5.34. The summed E-state index contributed by atoms with van der Waals surface area (Å²) in [6.07, 6.45) is 0. The van der Waals surface area contributed by atoms with Gasteiger partial charge in [-0.1, -0.05) is 6.07 Å². The van der Waals surface area contributed by atoms with Crippen molar-refractivity contribution in [2.45, 2.75) is 31.2 Å². The molecule has 8 heteroatoms. The lowest BCUT2D eigenvalue weighted by atomic mass is 10.1. The van der Waals surface area contributed by atoms with E-state index in [0.29, 0.717) is 0 Å². The molecule has 0 aliphatic heterocycles. The molecule has 1 aromatic rings. The monoisotopic (exact) mass is 314 g/mol. The Morgan fingerprint density at radius 3 is 2.43 bits per heavy atom. The van der Waals surface area contributed by atoms with Crippen molar-refractivity contribution in [1.82, 2.24) is 4.72 Å². The molecule has 21 heavy (non-hydrogen) atoms. The van der Waals surface area contributed by atoms with Crippen LogP contribution in [0.5, 0.6) is 0 Å². The van der Waals surface area contributed by atoms with Crippen molar-refractivity contribution in [3.8, 4) is 0 Å². The number of carbonyl (C=O) groups excluding carboxylic acids is 2. The number of primary amides is 1. The zero-order chi connectivity index (χ0) is 16.3. The van der Waals surface area contributed by atoms with Gasteiger partial charge in [0, 0.05) is 5.54 Å². The summed E-state index contributed by atoms with van der Waals surface area (Å²) in [5, 5.41) is 0. The van der Waals surface area contributed by atoms with E-state index in [2.05, 4.69) is 9.46 Å². The van der Waals surface area contributed by atoms with Crippen molar-refractivity contribution in [3.63, 3.8) is 0 Å². The van der Waals surface area contributed by atoms with Crippen LogP contribution in [0.2, 0.25) is 0 Å². The van der Waals surface area contributed by atoms with E-state index in [4.69, 9.17) is 5.73 Å². The summed E-state index contributed by atoms with van der Waals surface area (Å²) >= 11 is 0. The maximum atomic E-state index is 12.2. The van der Waals surface area contributed by atoms with Crippen LogP contribution in [0.15, 0.2) is 29.2 Å². The Morgan fingerprint density at radius 1 is 1.29 bits per heavy atom. The summed E-state index contributed by atoms with van der Waals surface area (Å²) in [5.74, 6) is -1.61.